The molecule has 2 amide bonds. The molecule has 20 heavy (non-hydrogen) atoms. The minimum absolute atomic E-state index is 0.173. The van der Waals surface area contributed by atoms with Crippen LogP contribution >= 0.6 is 11.6 Å². The Morgan fingerprint density at radius 1 is 1.40 bits per heavy atom. The number of rotatable bonds is 8. The highest BCUT2D eigenvalue weighted by Crippen LogP contribution is 2.15. The molecule has 112 valence electrons. The summed E-state index contributed by atoms with van der Waals surface area (Å²) >= 11 is 5.80. The van der Waals surface area contributed by atoms with Crippen LogP contribution in [0.3, 0.4) is 0 Å². The van der Waals surface area contributed by atoms with Gasteiger partial charge < -0.3 is 20.5 Å². The molecular weight excluding hydrogens is 280 g/mol. The van der Waals surface area contributed by atoms with E-state index in [1.165, 1.54) is 0 Å². The summed E-state index contributed by atoms with van der Waals surface area (Å²) in [6.45, 7) is 3.59. The lowest BCUT2D eigenvalue weighted by Crippen LogP contribution is -2.39. The number of carbonyl (C=O) groups excluding carboxylic acids is 1. The minimum atomic E-state index is -0.445. The summed E-state index contributed by atoms with van der Waals surface area (Å²) in [6.07, 6.45) is 0.756. The molecule has 6 heteroatoms. The molecule has 0 spiro atoms. The number of carbonyl (C=O) groups is 1. The molecule has 1 aromatic rings. The Balaban J connectivity index is 2.36. The maximum atomic E-state index is 11.7. The van der Waals surface area contributed by atoms with Crippen molar-refractivity contribution in [1.29, 1.82) is 0 Å². The first-order valence-corrected chi connectivity index (χ1v) is 7.03. The van der Waals surface area contributed by atoms with E-state index in [1.54, 1.807) is 24.3 Å². The lowest BCUT2D eigenvalue weighted by Gasteiger charge is -2.17. The molecule has 0 aliphatic carbocycles. The standard InChI is InChI=1S/C14H21ClN2O3/c1-2-20-9-3-8-16-14(19)17-13(10-18)11-4-6-12(15)7-5-11/h4-7,13,18H,2-3,8-10H2,1H3,(H2,16,17,19). The molecule has 1 atom stereocenters. The van der Waals surface area contributed by atoms with Gasteiger partial charge in [-0.1, -0.05) is 23.7 Å². The molecule has 0 saturated heterocycles. The second-order valence-corrected chi connectivity index (χ2v) is 4.67. The molecule has 0 bridgehead atoms. The fourth-order valence-corrected chi connectivity index (χ4v) is 1.79. The van der Waals surface area contributed by atoms with Crippen LogP contribution in [0.15, 0.2) is 24.3 Å². The predicted molar refractivity (Wildman–Crippen MR) is 78.9 cm³/mol. The Morgan fingerprint density at radius 2 is 2.10 bits per heavy atom. The maximum Gasteiger partial charge on any atom is 0.315 e. The molecule has 0 aliphatic rings. The smallest absolute Gasteiger partial charge is 0.315 e. The highest BCUT2D eigenvalue weighted by Gasteiger charge is 2.12. The van der Waals surface area contributed by atoms with Crippen molar-refractivity contribution in [2.45, 2.75) is 19.4 Å². The van der Waals surface area contributed by atoms with E-state index in [9.17, 15) is 9.90 Å². The number of urea groups is 1. The largest absolute Gasteiger partial charge is 0.394 e. The van der Waals surface area contributed by atoms with Crippen molar-refractivity contribution in [3.05, 3.63) is 34.9 Å². The number of amides is 2. The topological polar surface area (TPSA) is 70.6 Å². The van der Waals surface area contributed by atoms with Gasteiger partial charge in [0.15, 0.2) is 0 Å². The Labute approximate surface area is 124 Å². The molecule has 1 aromatic carbocycles. The van der Waals surface area contributed by atoms with Gasteiger partial charge in [0.05, 0.1) is 12.6 Å². The summed E-state index contributed by atoms with van der Waals surface area (Å²) < 4.78 is 5.17. The Bertz CT molecular complexity index is 398. The number of hydrogen-bond acceptors (Lipinski definition) is 3. The van der Waals surface area contributed by atoms with Gasteiger partial charge >= 0.3 is 6.03 Å². The fourth-order valence-electron chi connectivity index (χ4n) is 1.66. The Kier molecular flexibility index (Phi) is 8.02. The van der Waals surface area contributed by atoms with Crippen LogP contribution in [-0.4, -0.2) is 37.5 Å². The van der Waals surface area contributed by atoms with Crippen molar-refractivity contribution in [1.82, 2.24) is 10.6 Å². The summed E-state index contributed by atoms with van der Waals surface area (Å²) in [5.41, 5.74) is 0.807. The van der Waals surface area contributed by atoms with E-state index >= 15 is 0 Å². The van der Waals surface area contributed by atoms with E-state index in [0.29, 0.717) is 24.8 Å². The van der Waals surface area contributed by atoms with Crippen LogP contribution in [0.1, 0.15) is 24.9 Å². The van der Waals surface area contributed by atoms with E-state index in [0.717, 1.165) is 12.0 Å². The second kappa shape index (κ2) is 9.58. The van der Waals surface area contributed by atoms with Gasteiger partial charge in [-0.2, -0.15) is 0 Å². The van der Waals surface area contributed by atoms with Crippen LogP contribution in [0.2, 0.25) is 5.02 Å². The molecule has 0 heterocycles. The molecule has 5 nitrogen and oxygen atoms in total. The van der Waals surface area contributed by atoms with E-state index in [4.69, 9.17) is 16.3 Å². The van der Waals surface area contributed by atoms with E-state index < -0.39 is 6.04 Å². The molecular formula is C14H21ClN2O3. The highest BCUT2D eigenvalue weighted by atomic mass is 35.5. The summed E-state index contributed by atoms with van der Waals surface area (Å²) in [5, 5.41) is 15.4. The molecule has 0 aliphatic heterocycles. The minimum Gasteiger partial charge on any atom is -0.394 e. The van der Waals surface area contributed by atoms with Gasteiger partial charge in [0.2, 0.25) is 0 Å². The molecule has 3 N–H and O–H groups in total. The second-order valence-electron chi connectivity index (χ2n) is 4.24. The third-order valence-electron chi connectivity index (χ3n) is 2.72. The van der Waals surface area contributed by atoms with E-state index in [-0.39, 0.29) is 12.6 Å². The third kappa shape index (κ3) is 6.23. The van der Waals surface area contributed by atoms with E-state index in [1.807, 2.05) is 6.92 Å². The number of halogens is 1. The summed E-state index contributed by atoms with van der Waals surface area (Å²) in [5.74, 6) is 0. The zero-order chi connectivity index (χ0) is 14.8. The first kappa shape index (κ1) is 16.8. The monoisotopic (exact) mass is 300 g/mol. The predicted octanol–water partition coefficient (Wildman–Crippen LogP) is 2.10. The molecule has 1 unspecified atom stereocenters. The maximum absolute atomic E-state index is 11.7. The Hall–Kier alpha value is -1.30. The summed E-state index contributed by atoms with van der Waals surface area (Å²) in [4.78, 5) is 11.7. The van der Waals surface area contributed by atoms with Gasteiger partial charge in [-0.3, -0.25) is 0 Å². The molecule has 0 aromatic heterocycles. The number of nitrogens with one attached hydrogen (secondary N) is 2. The van der Waals surface area contributed by atoms with Gasteiger partial charge in [-0.15, -0.1) is 0 Å². The van der Waals surface area contributed by atoms with Crippen LogP contribution < -0.4 is 10.6 Å². The fraction of sp³-hybridized carbons (Fsp3) is 0.500. The summed E-state index contributed by atoms with van der Waals surface area (Å²) in [6, 6.07) is 6.24. The van der Waals surface area contributed by atoms with Gasteiger partial charge in [0.1, 0.15) is 0 Å². The molecule has 0 radical (unpaired) electrons. The normalized spacial score (nSPS) is 11.9. The number of aliphatic hydroxyl groups is 1. The van der Waals surface area contributed by atoms with Crippen molar-refractivity contribution < 1.29 is 14.6 Å². The number of ether oxygens (including phenoxy) is 1. The number of benzene rings is 1. The zero-order valence-corrected chi connectivity index (χ0v) is 12.3. The molecule has 0 saturated carbocycles. The van der Waals surface area contributed by atoms with Crippen molar-refractivity contribution in [2.75, 3.05) is 26.4 Å². The number of hydrogen-bond donors (Lipinski definition) is 3. The lowest BCUT2D eigenvalue weighted by atomic mass is 10.1. The third-order valence-corrected chi connectivity index (χ3v) is 2.97. The average Bonchev–Trinajstić information content (AvgIpc) is 2.45. The van der Waals surface area contributed by atoms with Crippen molar-refractivity contribution in [3.63, 3.8) is 0 Å². The van der Waals surface area contributed by atoms with Crippen molar-refractivity contribution in [2.24, 2.45) is 0 Å². The zero-order valence-electron chi connectivity index (χ0n) is 11.6. The van der Waals surface area contributed by atoms with Crippen LogP contribution in [0, 0.1) is 0 Å². The highest BCUT2D eigenvalue weighted by molar-refractivity contribution is 6.30. The van der Waals surface area contributed by atoms with Crippen LogP contribution in [0.5, 0.6) is 0 Å². The van der Waals surface area contributed by atoms with Gasteiger partial charge in [-0.05, 0) is 31.0 Å². The first-order chi connectivity index (χ1) is 9.67. The van der Waals surface area contributed by atoms with Crippen molar-refractivity contribution >= 4 is 17.6 Å². The first-order valence-electron chi connectivity index (χ1n) is 6.65. The number of aliphatic hydroxyl groups excluding tert-OH is 1. The average molecular weight is 301 g/mol. The lowest BCUT2D eigenvalue weighted by molar-refractivity contribution is 0.145. The van der Waals surface area contributed by atoms with Gasteiger partial charge in [0, 0.05) is 24.8 Å². The quantitative estimate of drug-likeness (QED) is 0.644. The summed E-state index contributed by atoms with van der Waals surface area (Å²) in [7, 11) is 0. The van der Waals surface area contributed by atoms with E-state index in [2.05, 4.69) is 10.6 Å². The van der Waals surface area contributed by atoms with Crippen LogP contribution in [0.4, 0.5) is 4.79 Å². The van der Waals surface area contributed by atoms with Gasteiger partial charge in [-0.25, -0.2) is 4.79 Å². The Morgan fingerprint density at radius 3 is 2.70 bits per heavy atom. The van der Waals surface area contributed by atoms with Crippen LogP contribution in [-0.2, 0) is 4.74 Å². The van der Waals surface area contributed by atoms with Crippen molar-refractivity contribution in [3.8, 4) is 0 Å². The molecule has 1 rings (SSSR count). The molecule has 0 fully saturated rings. The SMILES string of the molecule is CCOCCCNC(=O)NC(CO)c1ccc(Cl)cc1. The van der Waals surface area contributed by atoms with Crippen LogP contribution in [0.25, 0.3) is 0 Å². The van der Waals surface area contributed by atoms with Gasteiger partial charge in [0.25, 0.3) is 0 Å².